The Labute approximate surface area is 105 Å². The molecule has 100 valence electrons. The number of aliphatic hydroxyl groups excluding tert-OH is 1. The molecule has 1 spiro atoms. The van der Waals surface area contributed by atoms with Gasteiger partial charge in [0.25, 0.3) is 0 Å². The van der Waals surface area contributed by atoms with Crippen LogP contribution in [0.1, 0.15) is 38.5 Å². The number of amides is 3. The minimum atomic E-state index is -1.48. The van der Waals surface area contributed by atoms with Crippen LogP contribution >= 0.6 is 0 Å². The van der Waals surface area contributed by atoms with Crippen LogP contribution in [-0.4, -0.2) is 40.4 Å². The second-order valence-electron chi connectivity index (χ2n) is 5.25. The van der Waals surface area contributed by atoms with Gasteiger partial charge in [0.15, 0.2) is 6.10 Å². The van der Waals surface area contributed by atoms with Crippen LogP contribution in [0.2, 0.25) is 0 Å². The van der Waals surface area contributed by atoms with Crippen molar-refractivity contribution in [3.8, 4) is 0 Å². The number of rotatable bonds is 3. The SMILES string of the molecule is NC(=O)C(O)CN1C(=O)CC2(CCCCC2)C1=O. The van der Waals surface area contributed by atoms with Gasteiger partial charge in [0, 0.05) is 6.42 Å². The van der Waals surface area contributed by atoms with E-state index in [1.807, 2.05) is 0 Å². The highest BCUT2D eigenvalue weighted by Crippen LogP contribution is 2.45. The number of carbonyl (C=O) groups is 3. The average Bonchev–Trinajstić information content (AvgIpc) is 2.55. The summed E-state index contributed by atoms with van der Waals surface area (Å²) in [5.41, 5.74) is 4.36. The van der Waals surface area contributed by atoms with E-state index in [0.29, 0.717) is 0 Å². The summed E-state index contributed by atoms with van der Waals surface area (Å²) >= 11 is 0. The van der Waals surface area contributed by atoms with Crippen LogP contribution in [0.4, 0.5) is 0 Å². The molecule has 6 nitrogen and oxygen atoms in total. The molecule has 0 aromatic carbocycles. The van der Waals surface area contributed by atoms with Crippen LogP contribution in [0, 0.1) is 5.41 Å². The van der Waals surface area contributed by atoms with Crippen molar-refractivity contribution in [3.63, 3.8) is 0 Å². The van der Waals surface area contributed by atoms with Crippen molar-refractivity contribution < 1.29 is 19.5 Å². The lowest BCUT2D eigenvalue weighted by Gasteiger charge is -2.30. The predicted molar refractivity (Wildman–Crippen MR) is 62.1 cm³/mol. The summed E-state index contributed by atoms with van der Waals surface area (Å²) in [5, 5.41) is 9.39. The smallest absolute Gasteiger partial charge is 0.248 e. The number of primary amides is 1. The second-order valence-corrected chi connectivity index (χ2v) is 5.25. The Kier molecular flexibility index (Phi) is 3.38. The third-order valence-electron chi connectivity index (χ3n) is 3.98. The number of imide groups is 1. The number of nitrogens with zero attached hydrogens (tertiary/aromatic N) is 1. The summed E-state index contributed by atoms with van der Waals surface area (Å²) in [5.74, 6) is -1.46. The third kappa shape index (κ3) is 2.12. The van der Waals surface area contributed by atoms with E-state index in [-0.39, 0.29) is 24.8 Å². The zero-order valence-corrected chi connectivity index (χ0v) is 10.2. The molecule has 0 radical (unpaired) electrons. The zero-order chi connectivity index (χ0) is 13.3. The van der Waals surface area contributed by atoms with E-state index >= 15 is 0 Å². The van der Waals surface area contributed by atoms with Crippen molar-refractivity contribution in [2.24, 2.45) is 11.1 Å². The maximum Gasteiger partial charge on any atom is 0.248 e. The molecule has 2 rings (SSSR count). The number of nitrogens with two attached hydrogens (primary N) is 1. The van der Waals surface area contributed by atoms with E-state index in [0.717, 1.165) is 37.0 Å². The van der Waals surface area contributed by atoms with Gasteiger partial charge in [-0.3, -0.25) is 19.3 Å². The lowest BCUT2D eigenvalue weighted by atomic mass is 9.73. The summed E-state index contributed by atoms with van der Waals surface area (Å²) in [6.45, 7) is -0.311. The van der Waals surface area contributed by atoms with Gasteiger partial charge in [-0.1, -0.05) is 19.3 Å². The summed E-state index contributed by atoms with van der Waals surface area (Å²) < 4.78 is 0. The van der Waals surface area contributed by atoms with Gasteiger partial charge in [-0.05, 0) is 12.8 Å². The van der Waals surface area contributed by atoms with Crippen molar-refractivity contribution in [1.82, 2.24) is 4.90 Å². The molecule has 2 aliphatic rings. The van der Waals surface area contributed by atoms with Crippen LogP contribution < -0.4 is 5.73 Å². The monoisotopic (exact) mass is 254 g/mol. The Morgan fingerprint density at radius 3 is 2.50 bits per heavy atom. The average molecular weight is 254 g/mol. The van der Waals surface area contributed by atoms with Gasteiger partial charge in [0.05, 0.1) is 12.0 Å². The van der Waals surface area contributed by atoms with Crippen molar-refractivity contribution in [2.45, 2.75) is 44.6 Å². The quantitative estimate of drug-likeness (QED) is 0.665. The lowest BCUT2D eigenvalue weighted by molar-refractivity contribution is -0.144. The minimum Gasteiger partial charge on any atom is -0.381 e. The molecular formula is C12H18N2O4. The van der Waals surface area contributed by atoms with Gasteiger partial charge < -0.3 is 10.8 Å². The molecule has 1 atom stereocenters. The highest BCUT2D eigenvalue weighted by molar-refractivity contribution is 6.06. The molecule has 1 aliphatic carbocycles. The maximum absolute atomic E-state index is 12.3. The maximum atomic E-state index is 12.3. The third-order valence-corrected chi connectivity index (χ3v) is 3.98. The van der Waals surface area contributed by atoms with Crippen molar-refractivity contribution in [1.29, 1.82) is 0 Å². The van der Waals surface area contributed by atoms with Crippen LogP contribution in [0.25, 0.3) is 0 Å². The van der Waals surface area contributed by atoms with Crippen molar-refractivity contribution >= 4 is 17.7 Å². The van der Waals surface area contributed by atoms with Gasteiger partial charge in [-0.2, -0.15) is 0 Å². The number of hydrogen-bond donors (Lipinski definition) is 2. The Balaban J connectivity index is 2.11. The topological polar surface area (TPSA) is 101 Å². The fourth-order valence-corrected chi connectivity index (χ4v) is 2.93. The normalized spacial score (nSPS) is 24.6. The van der Waals surface area contributed by atoms with Crippen LogP contribution in [-0.2, 0) is 14.4 Å². The van der Waals surface area contributed by atoms with E-state index in [1.165, 1.54) is 0 Å². The first-order valence-corrected chi connectivity index (χ1v) is 6.28. The lowest BCUT2D eigenvalue weighted by Crippen LogP contribution is -2.44. The Hall–Kier alpha value is -1.43. The zero-order valence-electron chi connectivity index (χ0n) is 10.2. The molecule has 3 N–H and O–H groups in total. The van der Waals surface area contributed by atoms with Crippen LogP contribution in [0.5, 0.6) is 0 Å². The van der Waals surface area contributed by atoms with Crippen molar-refractivity contribution in [2.75, 3.05) is 6.54 Å². The van der Waals surface area contributed by atoms with Crippen LogP contribution in [0.3, 0.4) is 0 Å². The molecule has 2 fully saturated rings. The molecular weight excluding hydrogens is 236 g/mol. The fraction of sp³-hybridized carbons (Fsp3) is 0.750. The largest absolute Gasteiger partial charge is 0.381 e. The van der Waals surface area contributed by atoms with E-state index in [2.05, 4.69) is 0 Å². The summed E-state index contributed by atoms with van der Waals surface area (Å²) in [7, 11) is 0. The van der Waals surface area contributed by atoms with Gasteiger partial charge >= 0.3 is 0 Å². The molecule has 1 aliphatic heterocycles. The molecule has 6 heteroatoms. The molecule has 0 bridgehead atoms. The molecule has 1 saturated heterocycles. The Morgan fingerprint density at radius 1 is 1.33 bits per heavy atom. The van der Waals surface area contributed by atoms with Gasteiger partial charge in [-0.15, -0.1) is 0 Å². The number of likely N-dealkylation sites (tertiary alicyclic amines) is 1. The van der Waals surface area contributed by atoms with Gasteiger partial charge in [0.2, 0.25) is 17.7 Å². The molecule has 0 aromatic heterocycles. The van der Waals surface area contributed by atoms with E-state index < -0.39 is 17.4 Å². The molecule has 0 aromatic rings. The fourth-order valence-electron chi connectivity index (χ4n) is 2.93. The Morgan fingerprint density at radius 2 is 1.94 bits per heavy atom. The highest BCUT2D eigenvalue weighted by atomic mass is 16.3. The molecule has 1 heterocycles. The van der Waals surface area contributed by atoms with Gasteiger partial charge in [0.1, 0.15) is 0 Å². The van der Waals surface area contributed by atoms with Crippen LogP contribution in [0.15, 0.2) is 0 Å². The first kappa shape index (κ1) is 13.0. The highest BCUT2D eigenvalue weighted by Gasteiger charge is 2.51. The van der Waals surface area contributed by atoms with Gasteiger partial charge in [-0.25, -0.2) is 0 Å². The number of carbonyl (C=O) groups excluding carboxylic acids is 3. The minimum absolute atomic E-state index is 0.206. The molecule has 1 unspecified atom stereocenters. The Bertz CT molecular complexity index is 388. The van der Waals surface area contributed by atoms with E-state index in [4.69, 9.17) is 5.73 Å². The summed E-state index contributed by atoms with van der Waals surface area (Å²) in [4.78, 5) is 35.9. The number of aliphatic hydroxyl groups is 1. The number of β-amino-alcohol motifs (C(OH)–C–C–N with tert-alkyl or cyclic N) is 1. The summed E-state index contributed by atoms with van der Waals surface area (Å²) in [6.07, 6.45) is 3.17. The molecule has 3 amide bonds. The molecule has 18 heavy (non-hydrogen) atoms. The van der Waals surface area contributed by atoms with E-state index in [1.54, 1.807) is 0 Å². The summed E-state index contributed by atoms with van der Waals surface area (Å²) in [6, 6.07) is 0. The second kappa shape index (κ2) is 4.68. The van der Waals surface area contributed by atoms with E-state index in [9.17, 15) is 19.5 Å². The first-order valence-electron chi connectivity index (χ1n) is 6.28. The molecule has 1 saturated carbocycles. The standard InChI is InChI=1S/C12H18N2O4/c13-10(17)8(15)7-14-9(16)6-12(11(14)18)4-2-1-3-5-12/h8,15H,1-7H2,(H2,13,17). The van der Waals surface area contributed by atoms with Crippen molar-refractivity contribution in [3.05, 3.63) is 0 Å². The first-order chi connectivity index (χ1) is 8.46. The predicted octanol–water partition coefficient (Wildman–Crippen LogP) is -0.458. The number of hydrogen-bond acceptors (Lipinski definition) is 4.